The highest BCUT2D eigenvalue weighted by atomic mass is 35.5. The summed E-state index contributed by atoms with van der Waals surface area (Å²) in [5.74, 6) is -0.538. The SMILES string of the molecule is CN(Cc1ccc(Cl)cc1)C(=O)C1=NN([C@H]2CCS(=O)(=O)C2)C(=O)CC1. The molecule has 1 saturated heterocycles. The van der Waals surface area contributed by atoms with Crippen LogP contribution in [0.15, 0.2) is 29.4 Å². The van der Waals surface area contributed by atoms with Gasteiger partial charge in [-0.2, -0.15) is 5.10 Å². The first-order valence-electron chi connectivity index (χ1n) is 8.35. The van der Waals surface area contributed by atoms with Gasteiger partial charge in [0.15, 0.2) is 9.84 Å². The van der Waals surface area contributed by atoms with E-state index >= 15 is 0 Å². The Hall–Kier alpha value is -1.93. The van der Waals surface area contributed by atoms with Crippen LogP contribution in [0, 0.1) is 0 Å². The minimum absolute atomic E-state index is 0.0523. The number of halogens is 1. The number of carbonyl (C=O) groups excluding carboxylic acids is 2. The van der Waals surface area contributed by atoms with Crippen LogP contribution in [0.4, 0.5) is 0 Å². The van der Waals surface area contributed by atoms with Gasteiger partial charge in [0.1, 0.15) is 5.71 Å². The minimum atomic E-state index is -3.14. The molecule has 0 aliphatic carbocycles. The molecule has 0 bridgehead atoms. The molecule has 0 radical (unpaired) electrons. The number of hydrazone groups is 1. The number of nitrogens with zero attached hydrogens (tertiary/aromatic N) is 3. The van der Waals surface area contributed by atoms with Crippen molar-refractivity contribution in [2.24, 2.45) is 5.10 Å². The van der Waals surface area contributed by atoms with Crippen LogP contribution < -0.4 is 0 Å². The molecule has 2 heterocycles. The fraction of sp³-hybridized carbons (Fsp3) is 0.471. The van der Waals surface area contributed by atoms with Crippen LogP contribution >= 0.6 is 11.6 Å². The van der Waals surface area contributed by atoms with Crippen molar-refractivity contribution in [2.45, 2.75) is 31.8 Å². The molecule has 0 saturated carbocycles. The van der Waals surface area contributed by atoms with Crippen LogP contribution in [-0.2, 0) is 26.0 Å². The second kappa shape index (κ2) is 7.36. The number of sulfone groups is 1. The largest absolute Gasteiger partial charge is 0.336 e. The second-order valence-corrected chi connectivity index (χ2v) is 9.29. The van der Waals surface area contributed by atoms with Gasteiger partial charge in [-0.1, -0.05) is 23.7 Å². The van der Waals surface area contributed by atoms with Gasteiger partial charge in [-0.3, -0.25) is 9.59 Å². The van der Waals surface area contributed by atoms with E-state index in [2.05, 4.69) is 5.10 Å². The number of hydrogen-bond donors (Lipinski definition) is 0. The summed E-state index contributed by atoms with van der Waals surface area (Å²) in [6.07, 6.45) is 0.786. The van der Waals surface area contributed by atoms with Gasteiger partial charge in [0, 0.05) is 31.5 Å². The van der Waals surface area contributed by atoms with E-state index in [9.17, 15) is 18.0 Å². The Morgan fingerprint density at radius 2 is 2.00 bits per heavy atom. The smallest absolute Gasteiger partial charge is 0.270 e. The molecule has 1 aromatic carbocycles. The Morgan fingerprint density at radius 3 is 2.62 bits per heavy atom. The predicted octanol–water partition coefficient (Wildman–Crippen LogP) is 1.46. The van der Waals surface area contributed by atoms with E-state index in [0.717, 1.165) is 5.56 Å². The number of hydrogen-bond acceptors (Lipinski definition) is 5. The van der Waals surface area contributed by atoms with Gasteiger partial charge in [0.05, 0.1) is 17.5 Å². The fourth-order valence-corrected chi connectivity index (χ4v) is 4.95. The maximum absolute atomic E-state index is 12.7. The summed E-state index contributed by atoms with van der Waals surface area (Å²) in [5.41, 5.74) is 1.21. The van der Waals surface area contributed by atoms with Crippen molar-refractivity contribution in [3.05, 3.63) is 34.9 Å². The third-order valence-corrected chi connectivity index (χ3v) is 6.54. The van der Waals surface area contributed by atoms with Gasteiger partial charge in [0.25, 0.3) is 5.91 Å². The lowest BCUT2D eigenvalue weighted by molar-refractivity contribution is -0.134. The van der Waals surface area contributed by atoms with Gasteiger partial charge in [-0.15, -0.1) is 0 Å². The lowest BCUT2D eigenvalue weighted by Crippen LogP contribution is -2.44. The van der Waals surface area contributed by atoms with E-state index in [1.54, 1.807) is 19.2 Å². The van der Waals surface area contributed by atoms with Crippen molar-refractivity contribution in [2.75, 3.05) is 18.6 Å². The van der Waals surface area contributed by atoms with Crippen molar-refractivity contribution in [1.29, 1.82) is 0 Å². The summed E-state index contributed by atoms with van der Waals surface area (Å²) < 4.78 is 23.3. The average molecular weight is 398 g/mol. The Bertz CT molecular complexity index is 851. The van der Waals surface area contributed by atoms with Crippen molar-refractivity contribution in [3.63, 3.8) is 0 Å². The number of rotatable bonds is 4. The molecule has 1 atom stereocenters. The lowest BCUT2D eigenvalue weighted by Gasteiger charge is -2.29. The number of amides is 2. The van der Waals surface area contributed by atoms with Crippen LogP contribution in [0.2, 0.25) is 5.02 Å². The first-order valence-corrected chi connectivity index (χ1v) is 10.5. The van der Waals surface area contributed by atoms with Gasteiger partial charge in [-0.05, 0) is 24.1 Å². The summed E-state index contributed by atoms with van der Waals surface area (Å²) in [7, 11) is -1.47. The molecule has 2 aliphatic rings. The van der Waals surface area contributed by atoms with Crippen LogP contribution in [-0.4, -0.2) is 60.4 Å². The number of carbonyl (C=O) groups is 2. The molecule has 1 fully saturated rings. The monoisotopic (exact) mass is 397 g/mol. The molecule has 0 aromatic heterocycles. The molecule has 0 N–H and O–H groups in total. The van der Waals surface area contributed by atoms with Crippen molar-refractivity contribution in [1.82, 2.24) is 9.91 Å². The Balaban J connectivity index is 1.72. The van der Waals surface area contributed by atoms with Crippen LogP contribution in [0.25, 0.3) is 0 Å². The third kappa shape index (κ3) is 4.24. The minimum Gasteiger partial charge on any atom is -0.336 e. The average Bonchev–Trinajstić information content (AvgIpc) is 2.96. The van der Waals surface area contributed by atoms with Crippen LogP contribution in [0.3, 0.4) is 0 Å². The molecule has 7 nitrogen and oxygen atoms in total. The molecular weight excluding hydrogens is 378 g/mol. The van der Waals surface area contributed by atoms with Gasteiger partial charge in [0.2, 0.25) is 5.91 Å². The normalized spacial score (nSPS) is 22.2. The van der Waals surface area contributed by atoms with Gasteiger partial charge in [-0.25, -0.2) is 13.4 Å². The van der Waals surface area contributed by atoms with E-state index in [0.29, 0.717) is 18.0 Å². The van der Waals surface area contributed by atoms with E-state index in [4.69, 9.17) is 11.6 Å². The molecule has 0 spiro atoms. The fourth-order valence-electron chi connectivity index (χ4n) is 3.13. The number of benzene rings is 1. The first-order chi connectivity index (χ1) is 12.2. The summed E-state index contributed by atoms with van der Waals surface area (Å²) in [6.45, 7) is 0.390. The van der Waals surface area contributed by atoms with E-state index in [-0.39, 0.29) is 41.9 Å². The summed E-state index contributed by atoms with van der Waals surface area (Å²) in [4.78, 5) is 26.3. The van der Waals surface area contributed by atoms with E-state index in [1.165, 1.54) is 9.91 Å². The highest BCUT2D eigenvalue weighted by Gasteiger charge is 2.37. The molecule has 3 rings (SSSR count). The molecule has 1 aromatic rings. The second-order valence-electron chi connectivity index (χ2n) is 6.63. The molecule has 2 amide bonds. The summed E-state index contributed by atoms with van der Waals surface area (Å²) in [6, 6.07) is 6.72. The summed E-state index contributed by atoms with van der Waals surface area (Å²) in [5, 5.41) is 6.04. The maximum atomic E-state index is 12.7. The van der Waals surface area contributed by atoms with Gasteiger partial charge >= 0.3 is 0 Å². The van der Waals surface area contributed by atoms with Crippen molar-refractivity contribution >= 4 is 39.0 Å². The zero-order valence-electron chi connectivity index (χ0n) is 14.4. The molecular formula is C17H20ClN3O4S. The molecule has 26 heavy (non-hydrogen) atoms. The van der Waals surface area contributed by atoms with E-state index < -0.39 is 15.9 Å². The van der Waals surface area contributed by atoms with E-state index in [1.807, 2.05) is 12.1 Å². The zero-order chi connectivity index (χ0) is 18.9. The Morgan fingerprint density at radius 1 is 1.31 bits per heavy atom. The highest BCUT2D eigenvalue weighted by molar-refractivity contribution is 7.91. The quantitative estimate of drug-likeness (QED) is 0.769. The molecule has 140 valence electrons. The topological polar surface area (TPSA) is 87.1 Å². The third-order valence-electron chi connectivity index (χ3n) is 4.54. The van der Waals surface area contributed by atoms with Crippen molar-refractivity contribution in [3.8, 4) is 0 Å². The van der Waals surface area contributed by atoms with Gasteiger partial charge < -0.3 is 4.90 Å². The van der Waals surface area contributed by atoms with Crippen LogP contribution in [0.1, 0.15) is 24.8 Å². The lowest BCUT2D eigenvalue weighted by atomic mass is 10.1. The zero-order valence-corrected chi connectivity index (χ0v) is 16.0. The maximum Gasteiger partial charge on any atom is 0.270 e. The first kappa shape index (κ1) is 18.8. The molecule has 9 heteroatoms. The molecule has 0 unspecified atom stereocenters. The standard InChI is InChI=1S/C17H20ClN3O4S/c1-20(10-12-2-4-13(18)5-3-12)17(23)15-6-7-16(22)21(19-15)14-8-9-26(24,25)11-14/h2-5,14H,6-11H2,1H3/t14-/m0/s1. The summed E-state index contributed by atoms with van der Waals surface area (Å²) >= 11 is 5.86. The predicted molar refractivity (Wildman–Crippen MR) is 98.5 cm³/mol. The highest BCUT2D eigenvalue weighted by Crippen LogP contribution is 2.22. The van der Waals surface area contributed by atoms with Crippen LogP contribution in [0.5, 0.6) is 0 Å². The van der Waals surface area contributed by atoms with Crippen molar-refractivity contribution < 1.29 is 18.0 Å². The molecule has 2 aliphatic heterocycles. The Labute approximate surface area is 157 Å². The Kier molecular flexibility index (Phi) is 5.34.